The predicted molar refractivity (Wildman–Crippen MR) is 81.9 cm³/mol. The molecule has 1 amide bonds. The van der Waals surface area contributed by atoms with Gasteiger partial charge in [0.1, 0.15) is 0 Å². The summed E-state index contributed by atoms with van der Waals surface area (Å²) in [7, 11) is 0. The summed E-state index contributed by atoms with van der Waals surface area (Å²) in [6.45, 7) is 0. The molecular weight excluding hydrogens is 268 g/mol. The van der Waals surface area contributed by atoms with Crippen LogP contribution in [-0.2, 0) is 6.42 Å². The summed E-state index contributed by atoms with van der Waals surface area (Å²) in [5.41, 5.74) is 2.05. The number of carbonyl (C=O) groups excluding carboxylic acids is 1. The van der Waals surface area contributed by atoms with E-state index in [9.17, 15) is 4.79 Å². The molecule has 0 spiro atoms. The van der Waals surface area contributed by atoms with E-state index in [4.69, 9.17) is 5.26 Å². The lowest BCUT2D eigenvalue weighted by molar-refractivity contribution is 0.102. The van der Waals surface area contributed by atoms with Gasteiger partial charge >= 0.3 is 0 Å². The molecule has 0 aliphatic carbocycles. The molecule has 3 nitrogen and oxygen atoms in total. The van der Waals surface area contributed by atoms with Gasteiger partial charge in [-0.15, -0.1) is 11.8 Å². The van der Waals surface area contributed by atoms with Crippen molar-refractivity contribution in [3.8, 4) is 6.07 Å². The molecule has 4 heteroatoms. The van der Waals surface area contributed by atoms with Gasteiger partial charge in [-0.3, -0.25) is 4.79 Å². The summed E-state index contributed by atoms with van der Waals surface area (Å²) >= 11 is 1.62. The van der Waals surface area contributed by atoms with Gasteiger partial charge in [-0.05, 0) is 36.1 Å². The van der Waals surface area contributed by atoms with Crippen LogP contribution >= 0.6 is 11.8 Å². The van der Waals surface area contributed by atoms with Crippen molar-refractivity contribution in [1.29, 1.82) is 5.26 Å². The molecule has 2 aromatic rings. The highest BCUT2D eigenvalue weighted by atomic mass is 32.2. The Kier molecular flexibility index (Phi) is 4.80. The van der Waals surface area contributed by atoms with Gasteiger partial charge in [0.05, 0.1) is 12.5 Å². The van der Waals surface area contributed by atoms with Crippen molar-refractivity contribution < 1.29 is 4.79 Å². The third kappa shape index (κ3) is 3.40. The van der Waals surface area contributed by atoms with Crippen LogP contribution in [0.1, 0.15) is 15.9 Å². The van der Waals surface area contributed by atoms with E-state index in [1.54, 1.807) is 30.0 Å². The van der Waals surface area contributed by atoms with Crippen LogP contribution in [0.4, 0.5) is 5.69 Å². The fraction of sp³-hybridized carbons (Fsp3) is 0.125. The predicted octanol–water partition coefficient (Wildman–Crippen LogP) is 3.73. The average molecular weight is 282 g/mol. The molecule has 0 saturated carbocycles. The maximum atomic E-state index is 12.3. The third-order valence-corrected chi connectivity index (χ3v) is 3.58. The molecule has 1 N–H and O–H groups in total. The number of hydrogen-bond donors (Lipinski definition) is 1. The van der Waals surface area contributed by atoms with Crippen molar-refractivity contribution >= 4 is 23.4 Å². The molecular formula is C16H14N2OS. The molecule has 0 aliphatic heterocycles. The van der Waals surface area contributed by atoms with Gasteiger partial charge in [0.15, 0.2) is 0 Å². The van der Waals surface area contributed by atoms with Gasteiger partial charge in [0, 0.05) is 16.1 Å². The maximum absolute atomic E-state index is 12.3. The minimum Gasteiger partial charge on any atom is -0.322 e. The minimum absolute atomic E-state index is 0.186. The van der Waals surface area contributed by atoms with E-state index in [2.05, 4.69) is 11.4 Å². The van der Waals surface area contributed by atoms with Crippen molar-refractivity contribution in [3.63, 3.8) is 0 Å². The van der Waals surface area contributed by atoms with Crippen LogP contribution in [0, 0.1) is 11.3 Å². The van der Waals surface area contributed by atoms with Gasteiger partial charge in [-0.2, -0.15) is 5.26 Å². The number of hydrogen-bond acceptors (Lipinski definition) is 3. The first kappa shape index (κ1) is 14.2. The van der Waals surface area contributed by atoms with Crippen LogP contribution in [-0.4, -0.2) is 12.2 Å². The number of nitriles is 1. The van der Waals surface area contributed by atoms with Crippen LogP contribution in [0.5, 0.6) is 0 Å². The van der Waals surface area contributed by atoms with Crippen molar-refractivity contribution in [2.75, 3.05) is 11.6 Å². The van der Waals surface area contributed by atoms with Crippen molar-refractivity contribution in [2.45, 2.75) is 11.3 Å². The Balaban J connectivity index is 2.22. The molecule has 0 bridgehead atoms. The minimum atomic E-state index is -0.186. The quantitative estimate of drug-likeness (QED) is 0.869. The van der Waals surface area contributed by atoms with Crippen LogP contribution in [0.15, 0.2) is 53.4 Å². The maximum Gasteiger partial charge on any atom is 0.255 e. The highest BCUT2D eigenvalue weighted by Gasteiger charge is 2.10. The van der Waals surface area contributed by atoms with Crippen LogP contribution < -0.4 is 5.32 Å². The number of carbonyl (C=O) groups is 1. The second kappa shape index (κ2) is 6.78. The van der Waals surface area contributed by atoms with Crippen molar-refractivity contribution in [1.82, 2.24) is 0 Å². The van der Waals surface area contributed by atoms with Gasteiger partial charge in [-0.1, -0.05) is 24.3 Å². The zero-order valence-corrected chi connectivity index (χ0v) is 11.9. The largest absolute Gasteiger partial charge is 0.322 e. The van der Waals surface area contributed by atoms with E-state index < -0.39 is 0 Å². The van der Waals surface area contributed by atoms with Gasteiger partial charge in [0.2, 0.25) is 0 Å². The summed E-state index contributed by atoms with van der Waals surface area (Å²) < 4.78 is 0. The van der Waals surface area contributed by atoms with Crippen molar-refractivity contribution in [3.05, 3.63) is 59.7 Å². The first-order valence-corrected chi connectivity index (χ1v) is 7.37. The fourth-order valence-corrected chi connectivity index (χ4v) is 2.34. The number of benzene rings is 2. The molecule has 0 aliphatic rings. The van der Waals surface area contributed by atoms with Gasteiger partial charge in [-0.25, -0.2) is 0 Å². The van der Waals surface area contributed by atoms with Gasteiger partial charge in [0.25, 0.3) is 5.91 Å². The molecule has 0 radical (unpaired) electrons. The summed E-state index contributed by atoms with van der Waals surface area (Å²) in [4.78, 5) is 13.4. The monoisotopic (exact) mass is 282 g/mol. The number of thioether (sulfide) groups is 1. The fourth-order valence-electron chi connectivity index (χ4n) is 1.88. The Morgan fingerprint density at radius 3 is 2.80 bits per heavy atom. The van der Waals surface area contributed by atoms with E-state index >= 15 is 0 Å². The molecule has 2 aromatic carbocycles. The number of amides is 1. The van der Waals surface area contributed by atoms with E-state index in [0.717, 1.165) is 16.1 Å². The van der Waals surface area contributed by atoms with Crippen molar-refractivity contribution in [2.24, 2.45) is 0 Å². The Bertz CT molecular complexity index is 662. The summed E-state index contributed by atoms with van der Waals surface area (Å²) in [6.07, 6.45) is 2.22. The second-order valence-corrected chi connectivity index (χ2v) is 5.06. The Labute approximate surface area is 122 Å². The smallest absolute Gasteiger partial charge is 0.255 e. The zero-order chi connectivity index (χ0) is 14.4. The van der Waals surface area contributed by atoms with Gasteiger partial charge < -0.3 is 5.32 Å². The highest BCUT2D eigenvalue weighted by Crippen LogP contribution is 2.20. The van der Waals surface area contributed by atoms with Crippen LogP contribution in [0.25, 0.3) is 0 Å². The molecule has 0 aromatic heterocycles. The summed E-state index contributed by atoms with van der Waals surface area (Å²) in [5, 5.41) is 11.7. The lowest BCUT2D eigenvalue weighted by Gasteiger charge is -2.09. The Morgan fingerprint density at radius 1 is 1.25 bits per heavy atom. The highest BCUT2D eigenvalue weighted by molar-refractivity contribution is 7.98. The van der Waals surface area contributed by atoms with Crippen LogP contribution in [0.3, 0.4) is 0 Å². The lowest BCUT2D eigenvalue weighted by Crippen LogP contribution is -2.14. The zero-order valence-electron chi connectivity index (χ0n) is 11.1. The van der Waals surface area contributed by atoms with E-state index in [0.29, 0.717) is 5.56 Å². The summed E-state index contributed by atoms with van der Waals surface area (Å²) in [6, 6.07) is 16.9. The Morgan fingerprint density at radius 2 is 2.05 bits per heavy atom. The van der Waals surface area contributed by atoms with E-state index in [-0.39, 0.29) is 12.3 Å². The van der Waals surface area contributed by atoms with Crippen LogP contribution in [0.2, 0.25) is 0 Å². The molecule has 20 heavy (non-hydrogen) atoms. The second-order valence-electron chi connectivity index (χ2n) is 4.18. The standard InChI is InChI=1S/C16H14N2OS/c1-20-14-7-4-6-13(11-14)18-16(19)15-8-3-2-5-12(15)9-10-17/h2-8,11H,9H2,1H3,(H,18,19). The molecule has 0 atom stereocenters. The third-order valence-electron chi connectivity index (χ3n) is 2.86. The number of anilines is 1. The molecule has 100 valence electrons. The molecule has 2 rings (SSSR count). The molecule has 0 unspecified atom stereocenters. The first-order valence-electron chi connectivity index (χ1n) is 6.15. The molecule has 0 saturated heterocycles. The number of rotatable bonds is 4. The SMILES string of the molecule is CSc1cccc(NC(=O)c2ccccc2CC#N)c1. The van der Waals surface area contributed by atoms with E-state index in [1.165, 1.54) is 0 Å². The average Bonchev–Trinajstić information content (AvgIpc) is 2.48. The normalized spacial score (nSPS) is 9.80. The molecule has 0 fully saturated rings. The van der Waals surface area contributed by atoms with E-state index in [1.807, 2.05) is 36.6 Å². The number of nitrogens with zero attached hydrogens (tertiary/aromatic N) is 1. The number of nitrogens with one attached hydrogen (secondary N) is 1. The molecule has 0 heterocycles. The summed E-state index contributed by atoms with van der Waals surface area (Å²) in [5.74, 6) is -0.186. The topological polar surface area (TPSA) is 52.9 Å². The Hall–Kier alpha value is -2.25. The first-order chi connectivity index (χ1) is 9.74. The lowest BCUT2D eigenvalue weighted by atomic mass is 10.0.